The lowest BCUT2D eigenvalue weighted by Crippen LogP contribution is -2.36. The predicted octanol–water partition coefficient (Wildman–Crippen LogP) is 3.45. The minimum Gasteiger partial charge on any atom is -0.481 e. The minimum absolute atomic E-state index is 0.199. The van der Waals surface area contributed by atoms with Crippen molar-refractivity contribution >= 4 is 6.03 Å². The van der Waals surface area contributed by atoms with Crippen LogP contribution in [0.15, 0.2) is 42.6 Å². The lowest BCUT2D eigenvalue weighted by Gasteiger charge is -2.18. The number of hydrogen-bond donors (Lipinski definition) is 1. The highest BCUT2D eigenvalue weighted by molar-refractivity contribution is 5.73. The number of carbonyl (C=O) groups is 1. The van der Waals surface area contributed by atoms with Gasteiger partial charge in [-0.05, 0) is 23.3 Å². The average molecular weight is 353 g/mol. The van der Waals surface area contributed by atoms with Crippen LogP contribution >= 0.6 is 0 Å². The molecule has 5 nitrogen and oxygen atoms in total. The molecule has 25 heavy (non-hydrogen) atoms. The molecule has 0 aliphatic carbocycles. The van der Waals surface area contributed by atoms with Crippen LogP contribution in [-0.4, -0.2) is 30.1 Å². The van der Waals surface area contributed by atoms with Gasteiger partial charge in [0.2, 0.25) is 5.88 Å². The number of halogens is 3. The van der Waals surface area contributed by atoms with Gasteiger partial charge in [0.15, 0.2) is 0 Å². The summed E-state index contributed by atoms with van der Waals surface area (Å²) in [6, 6.07) is 7.86. The van der Waals surface area contributed by atoms with Gasteiger partial charge in [-0.15, -0.1) is 0 Å². The Bertz CT molecular complexity index is 701. The second-order valence-electron chi connectivity index (χ2n) is 5.42. The first-order chi connectivity index (χ1) is 11.8. The molecule has 0 spiro atoms. The predicted molar refractivity (Wildman–Crippen MR) is 85.9 cm³/mol. The summed E-state index contributed by atoms with van der Waals surface area (Å²) in [6.45, 7) is 0.484. The quantitative estimate of drug-likeness (QED) is 0.896. The van der Waals surface area contributed by atoms with Crippen LogP contribution in [0, 0.1) is 0 Å². The van der Waals surface area contributed by atoms with E-state index >= 15 is 0 Å². The maximum atomic E-state index is 12.5. The second kappa shape index (κ2) is 7.87. The Kier molecular flexibility index (Phi) is 5.84. The summed E-state index contributed by atoms with van der Waals surface area (Å²) >= 11 is 0. The van der Waals surface area contributed by atoms with E-state index in [0.29, 0.717) is 11.4 Å². The number of hydrogen-bond acceptors (Lipinski definition) is 3. The van der Waals surface area contributed by atoms with Crippen molar-refractivity contribution in [1.82, 2.24) is 15.2 Å². The SMILES string of the molecule is COc1ccc(CNC(=O)N(C)Cc2ccc(C(F)(F)F)cc2)cn1. The molecule has 2 rings (SSSR count). The van der Waals surface area contributed by atoms with Gasteiger partial charge in [0, 0.05) is 32.4 Å². The molecule has 1 aromatic carbocycles. The third-order valence-electron chi connectivity index (χ3n) is 3.50. The maximum absolute atomic E-state index is 12.5. The number of amides is 2. The number of nitrogens with one attached hydrogen (secondary N) is 1. The Morgan fingerprint density at radius 1 is 1.16 bits per heavy atom. The van der Waals surface area contributed by atoms with Gasteiger partial charge in [-0.3, -0.25) is 0 Å². The Morgan fingerprint density at radius 3 is 2.32 bits per heavy atom. The molecule has 8 heteroatoms. The number of methoxy groups -OCH3 is 1. The van der Waals surface area contributed by atoms with Crippen LogP contribution in [-0.2, 0) is 19.3 Å². The highest BCUT2D eigenvalue weighted by Gasteiger charge is 2.29. The summed E-state index contributed by atoms with van der Waals surface area (Å²) in [5, 5.41) is 2.72. The van der Waals surface area contributed by atoms with Crippen molar-refractivity contribution in [3.63, 3.8) is 0 Å². The largest absolute Gasteiger partial charge is 0.481 e. The Morgan fingerprint density at radius 2 is 1.80 bits per heavy atom. The van der Waals surface area contributed by atoms with Crippen molar-refractivity contribution in [1.29, 1.82) is 0 Å². The van der Waals surface area contributed by atoms with Crippen molar-refractivity contribution in [3.8, 4) is 5.88 Å². The average Bonchev–Trinajstić information content (AvgIpc) is 2.59. The van der Waals surface area contributed by atoms with Crippen molar-refractivity contribution in [3.05, 3.63) is 59.3 Å². The number of carbonyl (C=O) groups excluding carboxylic acids is 1. The summed E-state index contributed by atoms with van der Waals surface area (Å²) in [7, 11) is 3.08. The van der Waals surface area contributed by atoms with Crippen LogP contribution in [0.4, 0.5) is 18.0 Å². The summed E-state index contributed by atoms with van der Waals surface area (Å²) in [5.74, 6) is 0.481. The van der Waals surface area contributed by atoms with Gasteiger partial charge in [-0.1, -0.05) is 18.2 Å². The monoisotopic (exact) mass is 353 g/mol. The smallest absolute Gasteiger partial charge is 0.416 e. The number of rotatable bonds is 5. The molecule has 0 fully saturated rings. The molecule has 0 saturated carbocycles. The fourth-order valence-corrected chi connectivity index (χ4v) is 2.09. The number of pyridine rings is 1. The molecular weight excluding hydrogens is 335 g/mol. The van der Waals surface area contributed by atoms with Gasteiger partial charge < -0.3 is 15.0 Å². The van der Waals surface area contributed by atoms with Gasteiger partial charge in [0.05, 0.1) is 12.7 Å². The Hall–Kier alpha value is -2.77. The van der Waals surface area contributed by atoms with Crippen LogP contribution in [0.3, 0.4) is 0 Å². The van der Waals surface area contributed by atoms with E-state index in [1.165, 1.54) is 24.1 Å². The molecule has 0 atom stereocenters. The van der Waals surface area contributed by atoms with Gasteiger partial charge in [-0.25, -0.2) is 9.78 Å². The first kappa shape index (κ1) is 18.6. The third kappa shape index (κ3) is 5.37. The molecule has 0 aliphatic heterocycles. The van der Waals surface area contributed by atoms with E-state index in [-0.39, 0.29) is 19.1 Å². The highest BCUT2D eigenvalue weighted by Crippen LogP contribution is 2.29. The lowest BCUT2D eigenvalue weighted by atomic mass is 10.1. The van der Waals surface area contributed by atoms with Gasteiger partial charge in [-0.2, -0.15) is 13.2 Å². The third-order valence-corrected chi connectivity index (χ3v) is 3.50. The molecule has 2 aromatic rings. The van der Waals surface area contributed by atoms with E-state index in [1.54, 1.807) is 25.4 Å². The van der Waals surface area contributed by atoms with Crippen LogP contribution in [0.25, 0.3) is 0 Å². The van der Waals surface area contributed by atoms with E-state index in [0.717, 1.165) is 17.7 Å². The fourth-order valence-electron chi connectivity index (χ4n) is 2.09. The van der Waals surface area contributed by atoms with Gasteiger partial charge >= 0.3 is 12.2 Å². The summed E-state index contributed by atoms with van der Waals surface area (Å²) in [5.41, 5.74) is 0.698. The molecule has 0 aliphatic rings. The van der Waals surface area contributed by atoms with Crippen molar-refractivity contribution in [2.45, 2.75) is 19.3 Å². The number of alkyl halides is 3. The van der Waals surface area contributed by atoms with E-state index in [1.807, 2.05) is 0 Å². The fraction of sp³-hybridized carbons (Fsp3) is 0.294. The van der Waals surface area contributed by atoms with Gasteiger partial charge in [0.25, 0.3) is 0 Å². The van der Waals surface area contributed by atoms with E-state index < -0.39 is 11.7 Å². The molecule has 0 radical (unpaired) electrons. The summed E-state index contributed by atoms with van der Waals surface area (Å²) < 4.78 is 42.5. The number of urea groups is 1. The van der Waals surface area contributed by atoms with Gasteiger partial charge in [0.1, 0.15) is 0 Å². The Balaban J connectivity index is 1.87. The summed E-state index contributed by atoms with van der Waals surface area (Å²) in [4.78, 5) is 17.5. The zero-order valence-corrected chi connectivity index (χ0v) is 13.8. The molecule has 0 saturated heterocycles. The minimum atomic E-state index is -4.37. The standard InChI is InChI=1S/C17H18F3N3O2/c1-23(11-12-3-6-14(7-4-12)17(18,19)20)16(24)22-10-13-5-8-15(25-2)21-9-13/h3-9H,10-11H2,1-2H3,(H,22,24). The zero-order chi connectivity index (χ0) is 18.4. The summed E-state index contributed by atoms with van der Waals surface area (Å²) in [6.07, 6.45) is -2.77. The number of benzene rings is 1. The first-order valence-corrected chi connectivity index (χ1v) is 7.43. The number of nitrogens with zero attached hydrogens (tertiary/aromatic N) is 2. The molecular formula is C17H18F3N3O2. The molecule has 1 N–H and O–H groups in total. The second-order valence-corrected chi connectivity index (χ2v) is 5.42. The maximum Gasteiger partial charge on any atom is 0.416 e. The normalized spacial score (nSPS) is 11.1. The van der Waals surface area contributed by atoms with E-state index in [9.17, 15) is 18.0 Å². The lowest BCUT2D eigenvalue weighted by molar-refractivity contribution is -0.137. The molecule has 0 unspecified atom stereocenters. The highest BCUT2D eigenvalue weighted by atomic mass is 19.4. The van der Waals surface area contributed by atoms with Crippen molar-refractivity contribution < 1.29 is 22.7 Å². The molecule has 134 valence electrons. The van der Waals surface area contributed by atoms with E-state index in [4.69, 9.17) is 4.74 Å². The Labute approximate surface area is 143 Å². The first-order valence-electron chi connectivity index (χ1n) is 7.43. The van der Waals surface area contributed by atoms with Crippen molar-refractivity contribution in [2.75, 3.05) is 14.2 Å². The molecule has 1 aromatic heterocycles. The van der Waals surface area contributed by atoms with Crippen LogP contribution in [0.1, 0.15) is 16.7 Å². The molecule has 0 bridgehead atoms. The topological polar surface area (TPSA) is 54.5 Å². The van der Waals surface area contributed by atoms with Crippen LogP contribution in [0.5, 0.6) is 5.88 Å². The number of ether oxygens (including phenoxy) is 1. The molecule has 2 amide bonds. The van der Waals surface area contributed by atoms with Crippen LogP contribution in [0.2, 0.25) is 0 Å². The number of aromatic nitrogens is 1. The zero-order valence-electron chi connectivity index (χ0n) is 13.8. The van der Waals surface area contributed by atoms with Crippen molar-refractivity contribution in [2.24, 2.45) is 0 Å². The molecule has 1 heterocycles. The van der Waals surface area contributed by atoms with E-state index in [2.05, 4.69) is 10.3 Å². The van der Waals surface area contributed by atoms with Crippen LogP contribution < -0.4 is 10.1 Å².